The molecule has 4 rings (SSSR count). The Kier molecular flexibility index (Phi) is 3.54. The number of hydrogen-bond acceptors (Lipinski definition) is 1. The Hall–Kier alpha value is -0.700. The summed E-state index contributed by atoms with van der Waals surface area (Å²) < 4.78 is 28.3. The maximum absolute atomic E-state index is 14.1. The van der Waals surface area contributed by atoms with Gasteiger partial charge < -0.3 is 5.11 Å². The molecule has 1 N–H and O–H groups in total. The maximum Gasteiger partial charge on any atom is 0.248 e. The zero-order valence-corrected chi connectivity index (χ0v) is 14.2. The van der Waals surface area contributed by atoms with Crippen LogP contribution in [0.25, 0.3) is 0 Å². The van der Waals surface area contributed by atoms with Gasteiger partial charge in [0.2, 0.25) is 5.92 Å². The lowest BCUT2D eigenvalue weighted by Crippen LogP contribution is -2.47. The number of alkyl halides is 2. The minimum absolute atomic E-state index is 0.185. The number of allylic oxidation sites excluding steroid dienone is 2. The van der Waals surface area contributed by atoms with Gasteiger partial charge in [0.25, 0.3) is 0 Å². The Bertz CT molecular complexity index is 558. The monoisotopic (exact) mass is 322 g/mol. The Morgan fingerprint density at radius 3 is 2.74 bits per heavy atom. The minimum atomic E-state index is -2.55. The van der Waals surface area contributed by atoms with Crippen LogP contribution in [0.5, 0.6) is 0 Å². The van der Waals surface area contributed by atoms with Gasteiger partial charge in [-0.15, -0.1) is 0 Å². The Morgan fingerprint density at radius 1 is 1.22 bits per heavy atom. The van der Waals surface area contributed by atoms with Gasteiger partial charge in [0.05, 0.1) is 6.10 Å². The fourth-order valence-electron chi connectivity index (χ4n) is 6.62. The minimum Gasteiger partial charge on any atom is -0.389 e. The first-order valence-corrected chi connectivity index (χ1v) is 9.27. The highest BCUT2D eigenvalue weighted by molar-refractivity contribution is 5.40. The van der Waals surface area contributed by atoms with E-state index < -0.39 is 11.8 Å². The number of rotatable bonds is 1. The molecule has 4 aliphatic carbocycles. The summed E-state index contributed by atoms with van der Waals surface area (Å²) >= 11 is 0. The molecule has 4 aliphatic rings. The lowest BCUT2D eigenvalue weighted by molar-refractivity contribution is -0.109. The van der Waals surface area contributed by atoms with Gasteiger partial charge in [-0.1, -0.05) is 19.1 Å². The summed E-state index contributed by atoms with van der Waals surface area (Å²) in [4.78, 5) is 0. The van der Waals surface area contributed by atoms with Gasteiger partial charge in [-0.2, -0.15) is 0 Å². The summed E-state index contributed by atoms with van der Waals surface area (Å²) in [5.41, 5.74) is 2.60. The quantitative estimate of drug-likeness (QED) is 0.711. The van der Waals surface area contributed by atoms with Crippen molar-refractivity contribution < 1.29 is 13.9 Å². The van der Waals surface area contributed by atoms with E-state index in [-0.39, 0.29) is 11.5 Å². The van der Waals surface area contributed by atoms with E-state index >= 15 is 0 Å². The zero-order chi connectivity index (χ0) is 16.4. The van der Waals surface area contributed by atoms with E-state index in [0.29, 0.717) is 24.2 Å². The van der Waals surface area contributed by atoms with Crippen molar-refractivity contribution in [3.05, 3.63) is 23.3 Å². The summed E-state index contributed by atoms with van der Waals surface area (Å²) in [5, 5.41) is 9.86. The van der Waals surface area contributed by atoms with Crippen molar-refractivity contribution in [3.63, 3.8) is 0 Å². The molecule has 0 aromatic heterocycles. The average Bonchev–Trinajstić information content (AvgIpc) is 2.84. The molecular weight excluding hydrogens is 294 g/mol. The van der Waals surface area contributed by atoms with Gasteiger partial charge in [-0.3, -0.25) is 0 Å². The Labute approximate surface area is 137 Å². The summed E-state index contributed by atoms with van der Waals surface area (Å²) in [6.07, 6.45) is 10.4. The van der Waals surface area contributed by atoms with Gasteiger partial charge in [0.15, 0.2) is 0 Å². The normalized spacial score (nSPS) is 46.4. The highest BCUT2D eigenvalue weighted by atomic mass is 19.3. The van der Waals surface area contributed by atoms with Gasteiger partial charge in [0.1, 0.15) is 0 Å². The van der Waals surface area contributed by atoms with Crippen LogP contribution in [0.15, 0.2) is 23.3 Å². The van der Waals surface area contributed by atoms with Crippen LogP contribution in [0.1, 0.15) is 58.8 Å². The molecular formula is C20H28F2O. The fourth-order valence-corrected chi connectivity index (χ4v) is 6.62. The van der Waals surface area contributed by atoms with Crippen LogP contribution in [0, 0.1) is 29.1 Å². The molecule has 3 heteroatoms. The number of fused-ring (bicyclic) bond motifs is 5. The van der Waals surface area contributed by atoms with Crippen molar-refractivity contribution >= 4 is 0 Å². The van der Waals surface area contributed by atoms with Crippen molar-refractivity contribution in [2.45, 2.75) is 70.8 Å². The second-order valence-electron chi connectivity index (χ2n) is 8.70. The van der Waals surface area contributed by atoms with Crippen molar-refractivity contribution in [3.8, 4) is 0 Å². The van der Waals surface area contributed by atoms with Crippen LogP contribution in [0.3, 0.4) is 0 Å². The Morgan fingerprint density at radius 2 is 2.00 bits per heavy atom. The summed E-state index contributed by atoms with van der Waals surface area (Å²) in [5.74, 6) is -1.43. The van der Waals surface area contributed by atoms with Crippen molar-refractivity contribution in [1.29, 1.82) is 0 Å². The molecule has 6 atom stereocenters. The predicted octanol–water partition coefficient (Wildman–Crippen LogP) is 5.11. The van der Waals surface area contributed by atoms with Crippen molar-refractivity contribution in [1.82, 2.24) is 0 Å². The van der Waals surface area contributed by atoms with Gasteiger partial charge in [0, 0.05) is 5.92 Å². The number of halogens is 2. The molecule has 0 saturated heterocycles. The van der Waals surface area contributed by atoms with E-state index in [4.69, 9.17) is 0 Å². The molecule has 3 fully saturated rings. The first-order chi connectivity index (χ1) is 10.8. The van der Waals surface area contributed by atoms with E-state index in [1.54, 1.807) is 0 Å². The van der Waals surface area contributed by atoms with Gasteiger partial charge in [-0.05, 0) is 86.2 Å². The average molecular weight is 322 g/mol. The lowest BCUT2D eigenvalue weighted by atomic mass is 9.52. The van der Waals surface area contributed by atoms with Crippen LogP contribution in [-0.2, 0) is 0 Å². The molecule has 1 nitrogen and oxygen atoms in total. The third-order valence-corrected chi connectivity index (χ3v) is 7.54. The number of aliphatic hydroxyl groups is 1. The smallest absolute Gasteiger partial charge is 0.248 e. The number of hydrogen-bond donors (Lipinski definition) is 1. The highest BCUT2D eigenvalue weighted by Gasteiger charge is 2.60. The van der Waals surface area contributed by atoms with Crippen LogP contribution in [0.4, 0.5) is 8.78 Å². The third kappa shape index (κ3) is 2.33. The molecule has 5 unspecified atom stereocenters. The maximum atomic E-state index is 14.1. The molecule has 0 bridgehead atoms. The molecule has 128 valence electrons. The van der Waals surface area contributed by atoms with E-state index in [1.807, 2.05) is 6.08 Å². The van der Waals surface area contributed by atoms with E-state index in [0.717, 1.165) is 45.4 Å². The summed E-state index contributed by atoms with van der Waals surface area (Å²) in [6, 6.07) is 0. The van der Waals surface area contributed by atoms with Crippen molar-refractivity contribution in [2.75, 3.05) is 0 Å². The van der Waals surface area contributed by atoms with Gasteiger partial charge in [-0.25, -0.2) is 8.78 Å². The molecule has 0 aromatic rings. The zero-order valence-electron chi connectivity index (χ0n) is 14.2. The molecule has 23 heavy (non-hydrogen) atoms. The van der Waals surface area contributed by atoms with E-state index in [9.17, 15) is 13.9 Å². The second-order valence-corrected chi connectivity index (χ2v) is 8.70. The topological polar surface area (TPSA) is 20.2 Å². The summed E-state index contributed by atoms with van der Waals surface area (Å²) in [7, 11) is 0. The standard InChI is InChI=1S/C20H28F2O/c1-19-10-9-15-14-6-4-13(23)11-12(14)3-5-16(15)17(19)7-8-18(19)20(2,21)22/h6,11,13,15-18,23H,3-5,7-10H2,1-2H3/t13?,15?,16?,17?,18-,19?/m0/s1. The largest absolute Gasteiger partial charge is 0.389 e. The third-order valence-electron chi connectivity index (χ3n) is 7.54. The Balaban J connectivity index is 1.63. The SMILES string of the molecule is CC(F)(F)[C@H]1CCC2C3CCC4=CC(O)CC=C4C3CCC21C. The van der Waals surface area contributed by atoms with Crippen LogP contribution < -0.4 is 0 Å². The molecule has 0 radical (unpaired) electrons. The van der Waals surface area contributed by atoms with Crippen molar-refractivity contribution in [2.24, 2.45) is 29.1 Å². The number of aliphatic hydroxyl groups excluding tert-OH is 1. The molecule has 3 saturated carbocycles. The lowest BCUT2D eigenvalue weighted by Gasteiger charge is -2.52. The molecule has 0 amide bonds. The molecule has 0 heterocycles. The van der Waals surface area contributed by atoms with E-state index in [1.165, 1.54) is 11.1 Å². The molecule has 0 aliphatic heterocycles. The first-order valence-electron chi connectivity index (χ1n) is 9.27. The van der Waals surface area contributed by atoms with Crippen LogP contribution in [-0.4, -0.2) is 17.1 Å². The van der Waals surface area contributed by atoms with Crippen LogP contribution in [0.2, 0.25) is 0 Å². The molecule has 0 aromatic carbocycles. The summed E-state index contributed by atoms with van der Waals surface area (Å²) in [6.45, 7) is 3.28. The fraction of sp³-hybridized carbons (Fsp3) is 0.800. The first kappa shape index (κ1) is 15.8. The van der Waals surface area contributed by atoms with E-state index in [2.05, 4.69) is 13.0 Å². The predicted molar refractivity (Wildman–Crippen MR) is 87.2 cm³/mol. The molecule has 0 spiro atoms. The highest BCUT2D eigenvalue weighted by Crippen LogP contribution is 2.65. The van der Waals surface area contributed by atoms with Gasteiger partial charge >= 0.3 is 0 Å². The second kappa shape index (κ2) is 5.15. The van der Waals surface area contributed by atoms with Crippen LogP contribution >= 0.6 is 0 Å².